The highest BCUT2D eigenvalue weighted by Crippen LogP contribution is 2.24. The zero-order valence-electron chi connectivity index (χ0n) is 8.76. The van der Waals surface area contributed by atoms with E-state index in [1.807, 2.05) is 33.8 Å². The quantitative estimate of drug-likeness (QED) is 0.585. The van der Waals surface area contributed by atoms with E-state index >= 15 is 0 Å². The van der Waals surface area contributed by atoms with Gasteiger partial charge in [0.2, 0.25) is 6.79 Å². The molecule has 1 saturated heterocycles. The Kier molecular flexibility index (Phi) is 5.68. The summed E-state index contributed by atoms with van der Waals surface area (Å²) in [5.41, 5.74) is 0.760. The first-order valence-corrected chi connectivity index (χ1v) is 4.39. The van der Waals surface area contributed by atoms with Crippen LogP contribution in [0.2, 0.25) is 0 Å². The smallest absolute Gasteiger partial charge is 0.231 e. The highest BCUT2D eigenvalue weighted by molar-refractivity contribution is 5.34. The fraction of sp³-hybridized carbons (Fsp3) is 0.500. The maximum atomic E-state index is 5.16. The van der Waals surface area contributed by atoms with E-state index in [4.69, 9.17) is 9.47 Å². The lowest BCUT2D eigenvalue weighted by molar-refractivity contribution is 0.0968. The molecule has 1 fully saturated rings. The summed E-state index contributed by atoms with van der Waals surface area (Å²) in [6.07, 6.45) is 1.84. The van der Waals surface area contributed by atoms with Gasteiger partial charge in [-0.1, -0.05) is 13.8 Å². The molecule has 13 heavy (non-hydrogen) atoms. The summed E-state index contributed by atoms with van der Waals surface area (Å²) in [4.78, 5) is 3.75. The van der Waals surface area contributed by atoms with Gasteiger partial charge in [0.05, 0.1) is 5.70 Å². The van der Waals surface area contributed by atoms with Crippen molar-refractivity contribution in [3.05, 3.63) is 23.3 Å². The van der Waals surface area contributed by atoms with E-state index in [1.54, 1.807) is 0 Å². The first-order chi connectivity index (χ1) is 6.29. The van der Waals surface area contributed by atoms with Crippen LogP contribution < -0.4 is 0 Å². The third-order valence-electron chi connectivity index (χ3n) is 1.47. The number of rotatable bonds is 1. The molecule has 0 bridgehead atoms. The normalized spacial score (nSPS) is 21.1. The van der Waals surface area contributed by atoms with Crippen molar-refractivity contribution < 1.29 is 9.47 Å². The van der Waals surface area contributed by atoms with E-state index in [1.165, 1.54) is 0 Å². The Morgan fingerprint density at radius 2 is 2.08 bits per heavy atom. The number of ether oxygens (including phenoxy) is 2. The predicted molar refractivity (Wildman–Crippen MR) is 54.4 cm³/mol. The summed E-state index contributed by atoms with van der Waals surface area (Å²) < 4.78 is 10.3. The van der Waals surface area contributed by atoms with Crippen molar-refractivity contribution in [3.8, 4) is 0 Å². The Balaban J connectivity index is 0.000000671. The Morgan fingerprint density at radius 3 is 2.54 bits per heavy atom. The van der Waals surface area contributed by atoms with Crippen molar-refractivity contribution in [1.82, 2.24) is 0 Å². The molecule has 0 saturated carbocycles. The van der Waals surface area contributed by atoms with Crippen LogP contribution in [0.15, 0.2) is 28.3 Å². The van der Waals surface area contributed by atoms with Crippen LogP contribution in [0.4, 0.5) is 0 Å². The van der Waals surface area contributed by atoms with Gasteiger partial charge in [0.15, 0.2) is 11.5 Å². The molecule has 74 valence electrons. The molecule has 1 heterocycles. The van der Waals surface area contributed by atoms with Gasteiger partial charge in [-0.2, -0.15) is 0 Å². The maximum absolute atomic E-state index is 5.16. The van der Waals surface area contributed by atoms with Crippen LogP contribution >= 0.6 is 0 Å². The van der Waals surface area contributed by atoms with Crippen LogP contribution in [0.25, 0.3) is 0 Å². The fourth-order valence-electron chi connectivity index (χ4n) is 0.858. The van der Waals surface area contributed by atoms with E-state index in [9.17, 15) is 0 Å². The number of hydrogen-bond donors (Lipinski definition) is 0. The maximum Gasteiger partial charge on any atom is 0.231 e. The second kappa shape index (κ2) is 6.29. The molecule has 0 amide bonds. The van der Waals surface area contributed by atoms with Gasteiger partial charge in [-0.25, -0.2) is 0 Å². The van der Waals surface area contributed by atoms with Crippen molar-refractivity contribution >= 4 is 6.72 Å². The van der Waals surface area contributed by atoms with Gasteiger partial charge >= 0.3 is 0 Å². The van der Waals surface area contributed by atoms with E-state index in [0.29, 0.717) is 5.76 Å². The van der Waals surface area contributed by atoms with Crippen LogP contribution in [0, 0.1) is 0 Å². The average Bonchev–Trinajstić information content (AvgIpc) is 2.67. The summed E-state index contributed by atoms with van der Waals surface area (Å²) >= 11 is 0. The molecule has 3 heteroatoms. The topological polar surface area (TPSA) is 30.8 Å². The number of hydrogen-bond acceptors (Lipinski definition) is 3. The van der Waals surface area contributed by atoms with Crippen LogP contribution in [-0.4, -0.2) is 13.5 Å². The third kappa shape index (κ3) is 2.93. The van der Waals surface area contributed by atoms with E-state index in [-0.39, 0.29) is 6.79 Å². The molecule has 0 atom stereocenters. The van der Waals surface area contributed by atoms with Crippen molar-refractivity contribution in [2.24, 2.45) is 4.99 Å². The molecule has 0 unspecified atom stereocenters. The second-order valence-corrected chi connectivity index (χ2v) is 2.13. The lowest BCUT2D eigenvalue weighted by Gasteiger charge is -1.97. The standard InChI is InChI=1S/C8H11NO2.C2H6/c1-4-7-8(6(2)9-3)11-5-10-7;1-2/h4H,3,5H2,1-2H3;1-2H3/b7-4+,8-6+;. The Labute approximate surface area is 79.8 Å². The predicted octanol–water partition coefficient (Wildman–Crippen LogP) is 2.85. The van der Waals surface area contributed by atoms with Gasteiger partial charge in [-0.3, -0.25) is 4.99 Å². The van der Waals surface area contributed by atoms with Gasteiger partial charge in [-0.15, -0.1) is 0 Å². The van der Waals surface area contributed by atoms with Crippen molar-refractivity contribution in [3.63, 3.8) is 0 Å². The molecule has 0 spiro atoms. The zero-order chi connectivity index (χ0) is 10.3. The minimum absolute atomic E-state index is 0.280. The summed E-state index contributed by atoms with van der Waals surface area (Å²) in [6, 6.07) is 0. The molecule has 3 nitrogen and oxygen atoms in total. The van der Waals surface area contributed by atoms with Gasteiger partial charge in [-0.05, 0) is 26.6 Å². The van der Waals surface area contributed by atoms with Crippen LogP contribution in [0.5, 0.6) is 0 Å². The molecule has 1 aliphatic heterocycles. The summed E-state index contributed by atoms with van der Waals surface area (Å²) in [7, 11) is 0. The van der Waals surface area contributed by atoms with Gasteiger partial charge < -0.3 is 9.47 Å². The largest absolute Gasteiger partial charge is 0.454 e. The number of aliphatic imine (C=N–C) groups is 1. The van der Waals surface area contributed by atoms with Crippen molar-refractivity contribution in [1.29, 1.82) is 0 Å². The Hall–Kier alpha value is -1.25. The number of allylic oxidation sites excluding steroid dienone is 2. The zero-order valence-corrected chi connectivity index (χ0v) is 8.76. The van der Waals surface area contributed by atoms with Crippen LogP contribution in [0.3, 0.4) is 0 Å². The molecular weight excluding hydrogens is 166 g/mol. The molecule has 0 N–H and O–H groups in total. The summed E-state index contributed by atoms with van der Waals surface area (Å²) in [5, 5.41) is 0. The van der Waals surface area contributed by atoms with E-state index in [0.717, 1.165) is 11.5 Å². The SMILES string of the molecule is C=N/C(C)=C1/OCO/C1=C/C.CC. The first kappa shape index (κ1) is 11.8. The summed E-state index contributed by atoms with van der Waals surface area (Å²) in [6.45, 7) is 11.4. The highest BCUT2D eigenvalue weighted by atomic mass is 16.7. The third-order valence-corrected chi connectivity index (χ3v) is 1.47. The molecule has 1 rings (SSSR count). The fourth-order valence-corrected chi connectivity index (χ4v) is 0.858. The monoisotopic (exact) mass is 183 g/mol. The molecule has 0 aromatic heterocycles. The number of nitrogens with zero attached hydrogens (tertiary/aromatic N) is 1. The summed E-state index contributed by atoms with van der Waals surface area (Å²) in [5.74, 6) is 1.44. The van der Waals surface area contributed by atoms with Gasteiger partial charge in [0.25, 0.3) is 0 Å². The molecule has 0 aromatic rings. The molecule has 0 aliphatic carbocycles. The second-order valence-electron chi connectivity index (χ2n) is 2.13. The average molecular weight is 183 g/mol. The minimum atomic E-state index is 0.280. The Morgan fingerprint density at radius 1 is 1.46 bits per heavy atom. The van der Waals surface area contributed by atoms with E-state index in [2.05, 4.69) is 11.7 Å². The highest BCUT2D eigenvalue weighted by Gasteiger charge is 2.17. The molecule has 1 aliphatic rings. The molecular formula is C10H17NO2. The van der Waals surface area contributed by atoms with E-state index < -0.39 is 0 Å². The van der Waals surface area contributed by atoms with Gasteiger partial charge in [0.1, 0.15) is 0 Å². The van der Waals surface area contributed by atoms with Crippen LogP contribution in [0.1, 0.15) is 27.7 Å². The molecule has 0 radical (unpaired) electrons. The van der Waals surface area contributed by atoms with Crippen LogP contribution in [-0.2, 0) is 9.47 Å². The Bertz CT molecular complexity index is 229. The first-order valence-electron chi connectivity index (χ1n) is 4.39. The van der Waals surface area contributed by atoms with Crippen molar-refractivity contribution in [2.75, 3.05) is 6.79 Å². The minimum Gasteiger partial charge on any atom is -0.454 e. The molecule has 0 aromatic carbocycles. The van der Waals surface area contributed by atoms with Gasteiger partial charge in [0, 0.05) is 0 Å². The lowest BCUT2D eigenvalue weighted by Crippen LogP contribution is -1.85. The lowest BCUT2D eigenvalue weighted by atomic mass is 10.3. The van der Waals surface area contributed by atoms with Crippen molar-refractivity contribution in [2.45, 2.75) is 27.7 Å².